The highest BCUT2D eigenvalue weighted by atomic mass is 35.5. The first-order valence-corrected chi connectivity index (χ1v) is 11.9. The lowest BCUT2D eigenvalue weighted by Gasteiger charge is -2.03. The largest absolute Gasteiger partial charge is 0.316 e. The van der Waals surface area contributed by atoms with Crippen LogP contribution >= 0.6 is 46.0 Å². The fourth-order valence-electron chi connectivity index (χ4n) is 2.27. The molecule has 0 amide bonds. The maximum absolute atomic E-state index is 12.5. The van der Waals surface area contributed by atoms with E-state index in [2.05, 4.69) is 17.4 Å². The van der Waals surface area contributed by atoms with Crippen molar-refractivity contribution in [3.8, 4) is 0 Å². The van der Waals surface area contributed by atoms with Crippen LogP contribution in [0.5, 0.6) is 0 Å². The summed E-state index contributed by atoms with van der Waals surface area (Å²) in [5, 5.41) is 0. The van der Waals surface area contributed by atoms with Crippen LogP contribution in [0, 0.1) is 0 Å². The van der Waals surface area contributed by atoms with Crippen molar-refractivity contribution in [2.24, 2.45) is 4.40 Å². The van der Waals surface area contributed by atoms with Crippen LogP contribution in [0.1, 0.15) is 13.3 Å². The van der Waals surface area contributed by atoms with Gasteiger partial charge in [0, 0.05) is 11.4 Å². The molecular formula is C15H15ClN2O2S4. The summed E-state index contributed by atoms with van der Waals surface area (Å²) in [7, 11) is -3.75. The van der Waals surface area contributed by atoms with Gasteiger partial charge in [0.05, 0.1) is 14.6 Å². The minimum Gasteiger partial charge on any atom is -0.316 e. The molecule has 0 N–H and O–H groups in total. The molecule has 1 aromatic carbocycles. The van der Waals surface area contributed by atoms with Gasteiger partial charge in [0.15, 0.2) is 0 Å². The Hall–Kier alpha value is -0.800. The minimum atomic E-state index is -3.75. The van der Waals surface area contributed by atoms with Crippen molar-refractivity contribution in [1.82, 2.24) is 4.57 Å². The zero-order valence-corrected chi connectivity index (χ0v) is 17.0. The molecular weight excluding hydrogens is 404 g/mol. The maximum atomic E-state index is 12.5. The van der Waals surface area contributed by atoms with E-state index in [-0.39, 0.29) is 4.21 Å². The number of halogens is 1. The number of benzene rings is 1. The Kier molecular flexibility index (Phi) is 5.41. The summed E-state index contributed by atoms with van der Waals surface area (Å²) in [5.74, 6) is 0. The molecule has 128 valence electrons. The van der Waals surface area contributed by atoms with Crippen LogP contribution in [0.15, 0.2) is 43.8 Å². The van der Waals surface area contributed by atoms with Gasteiger partial charge in [-0.3, -0.25) is 0 Å². The smallest absolute Gasteiger partial charge is 0.294 e. The Morgan fingerprint density at radius 3 is 2.67 bits per heavy atom. The van der Waals surface area contributed by atoms with Gasteiger partial charge in [-0.2, -0.15) is 8.42 Å². The minimum absolute atomic E-state index is 0.165. The summed E-state index contributed by atoms with van der Waals surface area (Å²) < 4.78 is 32.8. The van der Waals surface area contributed by atoms with Crippen molar-refractivity contribution in [3.63, 3.8) is 0 Å². The highest BCUT2D eigenvalue weighted by Gasteiger charge is 2.17. The molecule has 0 spiro atoms. The number of rotatable bonds is 5. The van der Waals surface area contributed by atoms with Crippen molar-refractivity contribution >= 4 is 66.3 Å². The van der Waals surface area contributed by atoms with Crippen molar-refractivity contribution in [1.29, 1.82) is 0 Å². The van der Waals surface area contributed by atoms with E-state index in [1.807, 2.05) is 23.0 Å². The van der Waals surface area contributed by atoms with Gasteiger partial charge in [-0.05, 0) is 43.0 Å². The SMILES string of the molecule is CCCn1/c(=N/S(=O)(=O)c2ccc(Cl)s2)sc2cc(SC)ccc21. The molecule has 0 saturated heterocycles. The molecule has 2 heterocycles. The Bertz CT molecular complexity index is 1050. The van der Waals surface area contributed by atoms with Gasteiger partial charge in [-0.15, -0.1) is 27.5 Å². The van der Waals surface area contributed by atoms with E-state index in [9.17, 15) is 8.42 Å². The van der Waals surface area contributed by atoms with Gasteiger partial charge in [0.2, 0.25) is 4.80 Å². The Morgan fingerprint density at radius 1 is 1.25 bits per heavy atom. The van der Waals surface area contributed by atoms with Crippen molar-refractivity contribution in [2.75, 3.05) is 6.26 Å². The number of aryl methyl sites for hydroxylation is 1. The number of fused-ring (bicyclic) bond motifs is 1. The molecule has 0 atom stereocenters. The lowest BCUT2D eigenvalue weighted by molar-refractivity contribution is 0.596. The molecule has 0 saturated carbocycles. The van der Waals surface area contributed by atoms with E-state index in [4.69, 9.17) is 11.6 Å². The van der Waals surface area contributed by atoms with Crippen LogP contribution in [0.3, 0.4) is 0 Å². The van der Waals surface area contributed by atoms with Crippen molar-refractivity contribution in [2.45, 2.75) is 29.0 Å². The zero-order valence-electron chi connectivity index (χ0n) is 13.0. The molecule has 0 aliphatic rings. The lowest BCUT2D eigenvalue weighted by Crippen LogP contribution is -2.16. The average Bonchev–Trinajstić information content (AvgIpc) is 3.12. The first-order valence-electron chi connectivity index (χ1n) is 7.18. The maximum Gasteiger partial charge on any atom is 0.294 e. The molecule has 2 aromatic heterocycles. The van der Waals surface area contributed by atoms with E-state index in [1.54, 1.807) is 17.8 Å². The Balaban J connectivity index is 2.22. The number of hydrogen-bond donors (Lipinski definition) is 0. The summed E-state index contributed by atoms with van der Waals surface area (Å²) in [5.41, 5.74) is 1.01. The predicted octanol–water partition coefficient (Wildman–Crippen LogP) is 4.84. The third-order valence-corrected chi connectivity index (χ3v) is 8.19. The van der Waals surface area contributed by atoms with Gasteiger partial charge in [0.25, 0.3) is 10.0 Å². The topological polar surface area (TPSA) is 51.4 Å². The molecule has 9 heteroatoms. The summed E-state index contributed by atoms with van der Waals surface area (Å²) in [6.07, 6.45) is 2.92. The van der Waals surface area contributed by atoms with Gasteiger partial charge in [-0.25, -0.2) is 0 Å². The zero-order chi connectivity index (χ0) is 17.3. The summed E-state index contributed by atoms with van der Waals surface area (Å²) in [6, 6.07) is 9.22. The predicted molar refractivity (Wildman–Crippen MR) is 104 cm³/mol. The Labute approximate surface area is 157 Å². The summed E-state index contributed by atoms with van der Waals surface area (Å²) in [6.45, 7) is 2.78. The van der Waals surface area contributed by atoms with Crippen molar-refractivity contribution < 1.29 is 8.42 Å². The number of thiophene rings is 1. The number of thioether (sulfide) groups is 1. The van der Waals surface area contributed by atoms with E-state index in [0.29, 0.717) is 9.14 Å². The third-order valence-electron chi connectivity index (χ3n) is 3.34. The quantitative estimate of drug-likeness (QED) is 0.557. The van der Waals surface area contributed by atoms with Gasteiger partial charge < -0.3 is 4.57 Å². The summed E-state index contributed by atoms with van der Waals surface area (Å²) in [4.78, 5) is 1.64. The van der Waals surface area contributed by atoms with Gasteiger partial charge in [-0.1, -0.05) is 29.9 Å². The van der Waals surface area contributed by atoms with E-state index >= 15 is 0 Å². The second kappa shape index (κ2) is 7.21. The average molecular weight is 419 g/mol. The molecule has 0 aliphatic carbocycles. The number of nitrogens with zero attached hydrogens (tertiary/aromatic N) is 2. The fraction of sp³-hybridized carbons (Fsp3) is 0.267. The monoisotopic (exact) mass is 418 g/mol. The normalized spacial score (nSPS) is 13.0. The first-order chi connectivity index (χ1) is 11.4. The van der Waals surface area contributed by atoms with Crippen LogP contribution in [-0.4, -0.2) is 19.2 Å². The van der Waals surface area contributed by atoms with E-state index < -0.39 is 10.0 Å². The second-order valence-corrected chi connectivity index (χ2v) is 10.4. The summed E-state index contributed by atoms with van der Waals surface area (Å²) >= 11 is 9.93. The van der Waals surface area contributed by atoms with Crippen molar-refractivity contribution in [3.05, 3.63) is 39.5 Å². The highest BCUT2D eigenvalue weighted by Crippen LogP contribution is 2.28. The molecule has 4 nitrogen and oxygen atoms in total. The molecule has 3 rings (SSSR count). The van der Waals surface area contributed by atoms with Crippen LogP contribution < -0.4 is 4.80 Å². The Morgan fingerprint density at radius 2 is 2.04 bits per heavy atom. The second-order valence-electron chi connectivity index (χ2n) is 4.99. The van der Waals surface area contributed by atoms with Gasteiger partial charge >= 0.3 is 0 Å². The van der Waals surface area contributed by atoms with Crippen LogP contribution in [0.2, 0.25) is 4.34 Å². The van der Waals surface area contributed by atoms with E-state index in [0.717, 1.165) is 39.4 Å². The third kappa shape index (κ3) is 3.57. The molecule has 24 heavy (non-hydrogen) atoms. The fourth-order valence-corrected chi connectivity index (χ4v) is 6.55. The molecule has 0 fully saturated rings. The highest BCUT2D eigenvalue weighted by molar-refractivity contribution is 7.98. The lowest BCUT2D eigenvalue weighted by atomic mass is 10.3. The number of thiazole rings is 1. The molecule has 3 aromatic rings. The first kappa shape index (κ1) is 18.0. The number of hydrogen-bond acceptors (Lipinski definition) is 5. The van der Waals surface area contributed by atoms with E-state index in [1.165, 1.54) is 17.4 Å². The number of sulfonamides is 1. The molecule has 0 aliphatic heterocycles. The van der Waals surface area contributed by atoms with Gasteiger partial charge in [0.1, 0.15) is 4.21 Å². The molecule has 0 unspecified atom stereocenters. The molecule has 0 bridgehead atoms. The number of aromatic nitrogens is 1. The molecule has 0 radical (unpaired) electrons. The van der Waals surface area contributed by atoms with Crippen LogP contribution in [-0.2, 0) is 16.6 Å². The van der Waals surface area contributed by atoms with Crippen LogP contribution in [0.25, 0.3) is 10.2 Å². The van der Waals surface area contributed by atoms with Crippen LogP contribution in [0.4, 0.5) is 0 Å². The standard InChI is InChI=1S/C15H15ClN2O2S4/c1-3-8-18-11-5-4-10(21-2)9-12(11)22-15(18)17-24(19,20)14-7-6-13(16)23-14/h4-7,9H,3,8H2,1-2H3/b17-15-.